The summed E-state index contributed by atoms with van der Waals surface area (Å²) in [6.45, 7) is 4.62. The molecule has 1 aromatic heterocycles. The highest BCUT2D eigenvalue weighted by Gasteiger charge is 2.24. The van der Waals surface area contributed by atoms with E-state index >= 15 is 0 Å². The Morgan fingerprint density at radius 3 is 1.79 bits per heavy atom. The zero-order chi connectivity index (χ0) is 23.1. The standard InChI is InChI=1S/C31H52N2/c1-3-5-6-7-8-9-10-11-13-29-24-32-31(33-25-29)30-22-20-28(21-23-30)19-18-27-16-14-26(12-4-2)15-17-27/h18-19,24-28,30H,3-17,20-23H2,1-2H3/b19-18+. The maximum Gasteiger partial charge on any atom is 0.131 e. The van der Waals surface area contributed by atoms with Gasteiger partial charge in [-0.15, -0.1) is 0 Å². The maximum absolute atomic E-state index is 4.79. The number of aryl methyl sites for hydroxylation is 1. The summed E-state index contributed by atoms with van der Waals surface area (Å²) in [6, 6.07) is 0. The van der Waals surface area contributed by atoms with E-state index in [0.717, 1.165) is 30.0 Å². The Morgan fingerprint density at radius 2 is 1.21 bits per heavy atom. The van der Waals surface area contributed by atoms with Crippen LogP contribution >= 0.6 is 0 Å². The first kappa shape index (κ1) is 26.4. The third-order valence-electron chi connectivity index (χ3n) is 8.43. The number of hydrogen-bond donors (Lipinski definition) is 0. The number of hydrogen-bond acceptors (Lipinski definition) is 2. The summed E-state index contributed by atoms with van der Waals surface area (Å²) in [5, 5.41) is 0. The fraction of sp³-hybridized carbons (Fsp3) is 0.806. The molecule has 33 heavy (non-hydrogen) atoms. The lowest BCUT2D eigenvalue weighted by molar-refractivity contribution is 0.292. The molecule has 1 aromatic rings. The number of allylic oxidation sites excluding steroid dienone is 2. The van der Waals surface area contributed by atoms with E-state index in [1.54, 1.807) is 0 Å². The molecule has 0 N–H and O–H groups in total. The van der Waals surface area contributed by atoms with E-state index in [1.165, 1.54) is 121 Å². The first-order valence-electron chi connectivity index (χ1n) is 14.8. The molecule has 0 aliphatic heterocycles. The zero-order valence-electron chi connectivity index (χ0n) is 21.9. The highest BCUT2D eigenvalue weighted by Crippen LogP contribution is 2.36. The molecule has 3 rings (SSSR count). The average Bonchev–Trinajstić information content (AvgIpc) is 2.86. The Bertz CT molecular complexity index is 633. The smallest absolute Gasteiger partial charge is 0.131 e. The quantitative estimate of drug-likeness (QED) is 0.207. The molecule has 0 atom stereocenters. The van der Waals surface area contributed by atoms with E-state index in [-0.39, 0.29) is 0 Å². The highest BCUT2D eigenvalue weighted by atomic mass is 14.9. The molecule has 0 unspecified atom stereocenters. The van der Waals surface area contributed by atoms with Crippen LogP contribution in [0, 0.1) is 17.8 Å². The molecule has 2 aliphatic carbocycles. The molecular formula is C31H52N2. The molecule has 0 amide bonds. The molecule has 1 heterocycles. The molecule has 2 heteroatoms. The number of nitrogens with zero attached hydrogens (tertiary/aromatic N) is 2. The minimum absolute atomic E-state index is 0.580. The van der Waals surface area contributed by atoms with Crippen LogP contribution in [0.5, 0.6) is 0 Å². The zero-order valence-corrected chi connectivity index (χ0v) is 21.9. The van der Waals surface area contributed by atoms with Gasteiger partial charge in [-0.25, -0.2) is 9.97 Å². The fourth-order valence-electron chi connectivity index (χ4n) is 6.13. The van der Waals surface area contributed by atoms with Gasteiger partial charge in [0.15, 0.2) is 0 Å². The van der Waals surface area contributed by atoms with Gasteiger partial charge in [0.2, 0.25) is 0 Å². The van der Waals surface area contributed by atoms with Crippen LogP contribution in [0.2, 0.25) is 0 Å². The minimum Gasteiger partial charge on any atom is -0.241 e. The lowest BCUT2D eigenvalue weighted by Crippen LogP contribution is -2.15. The average molecular weight is 453 g/mol. The van der Waals surface area contributed by atoms with Crippen LogP contribution in [0.1, 0.15) is 147 Å². The van der Waals surface area contributed by atoms with Gasteiger partial charge >= 0.3 is 0 Å². The van der Waals surface area contributed by atoms with Crippen LogP contribution in [0.25, 0.3) is 0 Å². The fourth-order valence-corrected chi connectivity index (χ4v) is 6.13. The predicted octanol–water partition coefficient (Wildman–Crippen LogP) is 9.60. The van der Waals surface area contributed by atoms with Crippen LogP contribution in [0.3, 0.4) is 0 Å². The lowest BCUT2D eigenvalue weighted by Gasteiger charge is -2.28. The number of aromatic nitrogens is 2. The van der Waals surface area contributed by atoms with E-state index < -0.39 is 0 Å². The molecule has 2 saturated carbocycles. The summed E-state index contributed by atoms with van der Waals surface area (Å²) in [4.78, 5) is 9.58. The van der Waals surface area contributed by atoms with Crippen molar-refractivity contribution in [3.8, 4) is 0 Å². The van der Waals surface area contributed by atoms with Crippen molar-refractivity contribution in [1.29, 1.82) is 0 Å². The second kappa shape index (κ2) is 15.7. The van der Waals surface area contributed by atoms with Gasteiger partial charge in [-0.2, -0.15) is 0 Å². The van der Waals surface area contributed by atoms with Crippen molar-refractivity contribution in [2.75, 3.05) is 0 Å². The summed E-state index contributed by atoms with van der Waals surface area (Å²) in [7, 11) is 0. The van der Waals surface area contributed by atoms with Crippen molar-refractivity contribution >= 4 is 0 Å². The third-order valence-corrected chi connectivity index (χ3v) is 8.43. The SMILES string of the molecule is CCCCCCCCCCc1cnc(C2CCC(/C=C/C3CCC(CCC)CC3)CC2)nc1. The second-order valence-corrected chi connectivity index (χ2v) is 11.2. The second-order valence-electron chi connectivity index (χ2n) is 11.2. The van der Waals surface area contributed by atoms with E-state index in [0.29, 0.717) is 5.92 Å². The van der Waals surface area contributed by atoms with Crippen molar-refractivity contribution in [1.82, 2.24) is 9.97 Å². The summed E-state index contributed by atoms with van der Waals surface area (Å²) in [5.74, 6) is 4.34. The molecule has 186 valence electrons. The summed E-state index contributed by atoms with van der Waals surface area (Å²) in [5.41, 5.74) is 1.33. The number of rotatable bonds is 14. The Labute approximate surface area is 205 Å². The maximum atomic E-state index is 4.79. The van der Waals surface area contributed by atoms with Crippen LogP contribution in [-0.2, 0) is 6.42 Å². The van der Waals surface area contributed by atoms with Gasteiger partial charge in [0.05, 0.1) is 0 Å². The minimum atomic E-state index is 0.580. The predicted molar refractivity (Wildman–Crippen MR) is 143 cm³/mol. The van der Waals surface area contributed by atoms with Crippen LogP contribution in [0.15, 0.2) is 24.5 Å². The molecule has 0 spiro atoms. The van der Waals surface area contributed by atoms with Gasteiger partial charge in [-0.1, -0.05) is 83.8 Å². The first-order valence-corrected chi connectivity index (χ1v) is 14.8. The van der Waals surface area contributed by atoms with E-state index in [9.17, 15) is 0 Å². The van der Waals surface area contributed by atoms with Crippen LogP contribution < -0.4 is 0 Å². The molecule has 2 aliphatic rings. The summed E-state index contributed by atoms with van der Waals surface area (Å²) in [6.07, 6.45) is 35.3. The van der Waals surface area contributed by atoms with Crippen molar-refractivity contribution < 1.29 is 0 Å². The number of unbranched alkanes of at least 4 members (excludes halogenated alkanes) is 7. The molecule has 0 radical (unpaired) electrons. The van der Waals surface area contributed by atoms with Gasteiger partial charge < -0.3 is 0 Å². The monoisotopic (exact) mass is 452 g/mol. The molecular weight excluding hydrogens is 400 g/mol. The molecule has 0 bridgehead atoms. The van der Waals surface area contributed by atoms with E-state index in [1.807, 2.05) is 0 Å². The Balaban J connectivity index is 1.29. The topological polar surface area (TPSA) is 25.8 Å². The van der Waals surface area contributed by atoms with E-state index in [2.05, 4.69) is 38.4 Å². The molecule has 0 aromatic carbocycles. The van der Waals surface area contributed by atoms with Crippen molar-refractivity contribution in [3.05, 3.63) is 35.9 Å². The molecule has 0 saturated heterocycles. The molecule has 2 nitrogen and oxygen atoms in total. The summed E-state index contributed by atoms with van der Waals surface area (Å²) >= 11 is 0. The highest BCUT2D eigenvalue weighted by molar-refractivity contribution is 5.09. The Morgan fingerprint density at radius 1 is 0.667 bits per heavy atom. The summed E-state index contributed by atoms with van der Waals surface area (Å²) < 4.78 is 0. The normalized spacial score (nSPS) is 26.1. The van der Waals surface area contributed by atoms with Crippen molar-refractivity contribution in [2.24, 2.45) is 17.8 Å². The van der Waals surface area contributed by atoms with Gasteiger partial charge in [-0.05, 0) is 87.5 Å². The van der Waals surface area contributed by atoms with E-state index in [4.69, 9.17) is 9.97 Å². The van der Waals surface area contributed by atoms with Gasteiger partial charge in [-0.3, -0.25) is 0 Å². The van der Waals surface area contributed by atoms with Crippen LogP contribution in [-0.4, -0.2) is 9.97 Å². The Kier molecular flexibility index (Phi) is 12.5. The van der Waals surface area contributed by atoms with Gasteiger partial charge in [0.25, 0.3) is 0 Å². The van der Waals surface area contributed by atoms with Crippen molar-refractivity contribution in [2.45, 2.75) is 142 Å². The van der Waals surface area contributed by atoms with Crippen LogP contribution in [0.4, 0.5) is 0 Å². The Hall–Kier alpha value is -1.18. The van der Waals surface area contributed by atoms with Gasteiger partial charge in [0, 0.05) is 18.3 Å². The molecule has 2 fully saturated rings. The third kappa shape index (κ3) is 9.91. The van der Waals surface area contributed by atoms with Crippen molar-refractivity contribution in [3.63, 3.8) is 0 Å². The first-order chi connectivity index (χ1) is 16.3. The van der Waals surface area contributed by atoms with Gasteiger partial charge in [0.1, 0.15) is 5.82 Å². The largest absolute Gasteiger partial charge is 0.241 e. The lowest BCUT2D eigenvalue weighted by atomic mass is 9.78.